The molecule has 2 saturated heterocycles. The summed E-state index contributed by atoms with van der Waals surface area (Å²) >= 11 is 0. The molecule has 0 aromatic rings. The van der Waals surface area contributed by atoms with Crippen LogP contribution in [0, 0.1) is 5.92 Å². The summed E-state index contributed by atoms with van der Waals surface area (Å²) in [5, 5.41) is 2.57. The standard InChI is InChI=1S/C12H24N4O3S/c1-11-3-5-15(6-4-11)20(18,19)16-9-7-14(8-10-16)12(17)13-2/h11H,3-10H2,1-2H3,(H,13,17). The fourth-order valence-electron chi connectivity index (χ4n) is 2.66. The van der Waals surface area contributed by atoms with Gasteiger partial charge in [0.15, 0.2) is 0 Å². The topological polar surface area (TPSA) is 73.0 Å². The molecular formula is C12H24N4O3S. The highest BCUT2D eigenvalue weighted by molar-refractivity contribution is 7.86. The molecule has 0 unspecified atom stereocenters. The predicted molar refractivity (Wildman–Crippen MR) is 76.5 cm³/mol. The number of nitrogens with zero attached hydrogens (tertiary/aromatic N) is 3. The number of hydrogen-bond acceptors (Lipinski definition) is 3. The van der Waals surface area contributed by atoms with Crippen molar-refractivity contribution >= 4 is 16.2 Å². The van der Waals surface area contributed by atoms with E-state index in [4.69, 9.17) is 0 Å². The van der Waals surface area contributed by atoms with Crippen molar-refractivity contribution in [1.29, 1.82) is 0 Å². The van der Waals surface area contributed by atoms with E-state index < -0.39 is 10.2 Å². The molecule has 20 heavy (non-hydrogen) atoms. The summed E-state index contributed by atoms with van der Waals surface area (Å²) < 4.78 is 28.1. The Kier molecular flexibility index (Phi) is 4.87. The van der Waals surface area contributed by atoms with Crippen molar-refractivity contribution in [1.82, 2.24) is 18.8 Å². The minimum absolute atomic E-state index is 0.145. The second kappa shape index (κ2) is 6.28. The molecule has 2 aliphatic rings. The summed E-state index contributed by atoms with van der Waals surface area (Å²) in [6, 6.07) is -0.145. The Morgan fingerprint density at radius 2 is 1.50 bits per heavy atom. The van der Waals surface area contributed by atoms with Crippen molar-refractivity contribution < 1.29 is 13.2 Å². The first-order valence-corrected chi connectivity index (χ1v) is 8.56. The van der Waals surface area contributed by atoms with Gasteiger partial charge in [0, 0.05) is 46.3 Å². The van der Waals surface area contributed by atoms with Gasteiger partial charge in [-0.2, -0.15) is 17.0 Å². The van der Waals surface area contributed by atoms with E-state index in [-0.39, 0.29) is 6.03 Å². The van der Waals surface area contributed by atoms with E-state index in [0.29, 0.717) is 45.2 Å². The number of rotatable bonds is 2. The van der Waals surface area contributed by atoms with Gasteiger partial charge in [-0.05, 0) is 18.8 Å². The summed E-state index contributed by atoms with van der Waals surface area (Å²) in [7, 11) is -1.77. The van der Waals surface area contributed by atoms with E-state index in [9.17, 15) is 13.2 Å². The SMILES string of the molecule is CNC(=O)N1CCN(S(=O)(=O)N2CCC(C)CC2)CC1. The van der Waals surface area contributed by atoms with Crippen molar-refractivity contribution in [2.24, 2.45) is 5.92 Å². The number of amides is 2. The van der Waals surface area contributed by atoms with Crippen LogP contribution in [0.25, 0.3) is 0 Å². The Morgan fingerprint density at radius 1 is 1.00 bits per heavy atom. The van der Waals surface area contributed by atoms with Crippen LogP contribution in [0.1, 0.15) is 19.8 Å². The van der Waals surface area contributed by atoms with Crippen LogP contribution in [0.2, 0.25) is 0 Å². The molecule has 0 aliphatic carbocycles. The summed E-state index contributed by atoms with van der Waals surface area (Å²) in [5.74, 6) is 0.603. The average molecular weight is 304 g/mol. The summed E-state index contributed by atoms with van der Waals surface area (Å²) in [6.45, 7) is 5.03. The van der Waals surface area contributed by atoms with E-state index in [2.05, 4.69) is 12.2 Å². The van der Waals surface area contributed by atoms with Gasteiger partial charge in [0.25, 0.3) is 10.2 Å². The monoisotopic (exact) mass is 304 g/mol. The maximum Gasteiger partial charge on any atom is 0.317 e. The van der Waals surface area contributed by atoms with Gasteiger partial charge < -0.3 is 10.2 Å². The van der Waals surface area contributed by atoms with E-state index in [1.54, 1.807) is 16.3 Å². The fraction of sp³-hybridized carbons (Fsp3) is 0.917. The minimum Gasteiger partial charge on any atom is -0.341 e. The Hall–Kier alpha value is -0.860. The third-order valence-corrected chi connectivity index (χ3v) is 6.17. The summed E-state index contributed by atoms with van der Waals surface area (Å²) in [5.41, 5.74) is 0. The largest absolute Gasteiger partial charge is 0.341 e. The molecule has 8 heteroatoms. The first-order valence-electron chi connectivity index (χ1n) is 7.17. The number of urea groups is 1. The first kappa shape index (κ1) is 15.5. The number of piperidine rings is 1. The third-order valence-electron chi connectivity index (χ3n) is 4.13. The molecule has 0 spiro atoms. The van der Waals surface area contributed by atoms with Crippen LogP contribution in [0.15, 0.2) is 0 Å². The smallest absolute Gasteiger partial charge is 0.317 e. The van der Waals surface area contributed by atoms with Gasteiger partial charge in [-0.1, -0.05) is 6.92 Å². The number of carbonyl (C=O) groups excluding carboxylic acids is 1. The highest BCUT2D eigenvalue weighted by atomic mass is 32.2. The van der Waals surface area contributed by atoms with E-state index in [0.717, 1.165) is 12.8 Å². The summed E-state index contributed by atoms with van der Waals surface area (Å²) in [6.07, 6.45) is 1.86. The molecule has 2 heterocycles. The van der Waals surface area contributed by atoms with Gasteiger partial charge in [-0.3, -0.25) is 0 Å². The van der Waals surface area contributed by atoms with Crippen LogP contribution in [0.4, 0.5) is 4.79 Å². The molecule has 2 fully saturated rings. The zero-order valence-corrected chi connectivity index (χ0v) is 13.0. The molecule has 116 valence electrons. The number of nitrogens with one attached hydrogen (secondary N) is 1. The quantitative estimate of drug-likeness (QED) is 0.775. The normalized spacial score (nSPS) is 23.8. The lowest BCUT2D eigenvalue weighted by Gasteiger charge is -2.38. The highest BCUT2D eigenvalue weighted by Gasteiger charge is 2.34. The molecule has 7 nitrogen and oxygen atoms in total. The van der Waals surface area contributed by atoms with E-state index in [1.807, 2.05) is 0 Å². The number of carbonyl (C=O) groups is 1. The molecule has 2 rings (SSSR count). The molecule has 0 radical (unpaired) electrons. The maximum absolute atomic E-state index is 12.5. The van der Waals surface area contributed by atoms with Crippen molar-refractivity contribution in [3.8, 4) is 0 Å². The highest BCUT2D eigenvalue weighted by Crippen LogP contribution is 2.21. The Bertz CT molecular complexity index is 438. The molecule has 0 aromatic carbocycles. The number of piperazine rings is 1. The van der Waals surface area contributed by atoms with Crippen LogP contribution in [0.5, 0.6) is 0 Å². The van der Waals surface area contributed by atoms with E-state index in [1.165, 1.54) is 4.31 Å². The maximum atomic E-state index is 12.5. The van der Waals surface area contributed by atoms with Crippen LogP contribution in [-0.2, 0) is 10.2 Å². The lowest BCUT2D eigenvalue weighted by molar-refractivity contribution is 0.169. The molecule has 0 saturated carbocycles. The zero-order chi connectivity index (χ0) is 14.8. The Labute approximate surface area is 121 Å². The molecule has 0 atom stereocenters. The van der Waals surface area contributed by atoms with Gasteiger partial charge in [0.2, 0.25) is 0 Å². The zero-order valence-electron chi connectivity index (χ0n) is 12.2. The van der Waals surface area contributed by atoms with Crippen LogP contribution < -0.4 is 5.32 Å². The fourth-order valence-corrected chi connectivity index (χ4v) is 4.28. The molecule has 0 aromatic heterocycles. The van der Waals surface area contributed by atoms with Gasteiger partial charge in [0.05, 0.1) is 0 Å². The first-order chi connectivity index (χ1) is 9.45. The third kappa shape index (κ3) is 3.24. The van der Waals surface area contributed by atoms with E-state index >= 15 is 0 Å². The van der Waals surface area contributed by atoms with Gasteiger partial charge in [0.1, 0.15) is 0 Å². The predicted octanol–water partition coefficient (Wildman–Crippen LogP) is -0.0799. The van der Waals surface area contributed by atoms with Gasteiger partial charge in [-0.25, -0.2) is 4.79 Å². The second-order valence-electron chi connectivity index (χ2n) is 5.53. The lowest BCUT2D eigenvalue weighted by Crippen LogP contribution is -2.56. The molecular weight excluding hydrogens is 280 g/mol. The Morgan fingerprint density at radius 3 is 2.00 bits per heavy atom. The molecule has 0 bridgehead atoms. The van der Waals surface area contributed by atoms with Gasteiger partial charge in [-0.15, -0.1) is 0 Å². The average Bonchev–Trinajstić information content (AvgIpc) is 2.47. The minimum atomic E-state index is -3.36. The lowest BCUT2D eigenvalue weighted by atomic mass is 10.0. The van der Waals surface area contributed by atoms with Crippen molar-refractivity contribution in [2.45, 2.75) is 19.8 Å². The Balaban J connectivity index is 1.93. The van der Waals surface area contributed by atoms with Crippen LogP contribution in [-0.4, -0.2) is 74.3 Å². The van der Waals surface area contributed by atoms with Gasteiger partial charge >= 0.3 is 6.03 Å². The van der Waals surface area contributed by atoms with Crippen LogP contribution in [0.3, 0.4) is 0 Å². The molecule has 1 N–H and O–H groups in total. The summed E-state index contributed by atoms with van der Waals surface area (Å²) in [4.78, 5) is 13.1. The molecule has 2 amide bonds. The van der Waals surface area contributed by atoms with Crippen molar-refractivity contribution in [2.75, 3.05) is 46.3 Å². The van der Waals surface area contributed by atoms with Crippen molar-refractivity contribution in [3.05, 3.63) is 0 Å². The van der Waals surface area contributed by atoms with Crippen LogP contribution >= 0.6 is 0 Å². The second-order valence-corrected chi connectivity index (χ2v) is 7.46. The number of hydrogen-bond donors (Lipinski definition) is 1. The molecule has 2 aliphatic heterocycles. The van der Waals surface area contributed by atoms with Crippen molar-refractivity contribution in [3.63, 3.8) is 0 Å².